The van der Waals surface area contributed by atoms with Crippen LogP contribution < -0.4 is 10.5 Å². The highest BCUT2D eigenvalue weighted by Crippen LogP contribution is 2.25. The van der Waals surface area contributed by atoms with Gasteiger partial charge >= 0.3 is 0 Å². The van der Waals surface area contributed by atoms with Gasteiger partial charge in [-0.2, -0.15) is 0 Å². The second kappa shape index (κ2) is 6.91. The summed E-state index contributed by atoms with van der Waals surface area (Å²) in [6.45, 7) is 1.62. The van der Waals surface area contributed by atoms with Gasteiger partial charge in [-0.25, -0.2) is 0 Å². The number of hydrogen-bond donors (Lipinski definition) is 1. The Morgan fingerprint density at radius 1 is 1.48 bits per heavy atom. The summed E-state index contributed by atoms with van der Waals surface area (Å²) >= 11 is 6.03. The van der Waals surface area contributed by atoms with Crippen molar-refractivity contribution in [1.29, 1.82) is 0 Å². The molecular formula is C15H19ClN2O3. The first-order valence-electron chi connectivity index (χ1n) is 6.89. The van der Waals surface area contributed by atoms with Crippen LogP contribution in [-0.2, 0) is 4.79 Å². The van der Waals surface area contributed by atoms with Crippen LogP contribution in [0.1, 0.15) is 23.2 Å². The molecule has 1 aliphatic heterocycles. The molecule has 114 valence electrons. The first-order valence-corrected chi connectivity index (χ1v) is 7.27. The molecule has 1 aromatic rings. The molecule has 0 aliphatic carbocycles. The highest BCUT2D eigenvalue weighted by atomic mass is 35.5. The number of carbonyl (C=O) groups is 2. The fourth-order valence-corrected chi connectivity index (χ4v) is 2.82. The summed E-state index contributed by atoms with van der Waals surface area (Å²) in [4.78, 5) is 25.5. The van der Waals surface area contributed by atoms with E-state index in [-0.39, 0.29) is 24.2 Å². The van der Waals surface area contributed by atoms with Crippen molar-refractivity contribution < 1.29 is 14.3 Å². The summed E-state index contributed by atoms with van der Waals surface area (Å²) in [7, 11) is 1.53. The van der Waals surface area contributed by atoms with Gasteiger partial charge in [0.1, 0.15) is 5.75 Å². The molecule has 0 spiro atoms. The number of halogens is 1. The lowest BCUT2D eigenvalue weighted by atomic mass is 9.97. The number of ketones is 1. The summed E-state index contributed by atoms with van der Waals surface area (Å²) in [5.41, 5.74) is 5.88. The largest absolute Gasteiger partial charge is 0.495 e. The first-order chi connectivity index (χ1) is 10.0. The zero-order valence-corrected chi connectivity index (χ0v) is 12.7. The summed E-state index contributed by atoms with van der Waals surface area (Å²) in [5, 5.41) is 0.414. The maximum absolute atomic E-state index is 12.3. The van der Waals surface area contributed by atoms with E-state index in [2.05, 4.69) is 0 Å². The van der Waals surface area contributed by atoms with Gasteiger partial charge in [0.25, 0.3) is 0 Å². The van der Waals surface area contributed by atoms with Crippen LogP contribution in [0.3, 0.4) is 0 Å². The number of amides is 1. The second-order valence-corrected chi connectivity index (χ2v) is 5.66. The lowest BCUT2D eigenvalue weighted by molar-refractivity contribution is -0.123. The number of likely N-dealkylation sites (tertiary alicyclic amines) is 1. The van der Waals surface area contributed by atoms with Gasteiger partial charge in [-0.05, 0) is 37.6 Å². The van der Waals surface area contributed by atoms with Crippen LogP contribution in [0.15, 0.2) is 18.2 Å². The van der Waals surface area contributed by atoms with E-state index < -0.39 is 0 Å². The fraction of sp³-hybridized carbons (Fsp3) is 0.467. The Morgan fingerprint density at radius 3 is 2.86 bits per heavy atom. The monoisotopic (exact) mass is 310 g/mol. The number of primary amides is 1. The molecule has 1 saturated heterocycles. The molecule has 1 atom stereocenters. The fourth-order valence-electron chi connectivity index (χ4n) is 2.57. The minimum absolute atomic E-state index is 0.0235. The second-order valence-electron chi connectivity index (χ2n) is 5.25. The molecule has 2 rings (SSSR count). The summed E-state index contributed by atoms with van der Waals surface area (Å²) < 4.78 is 5.07. The Bertz CT molecular complexity index is 548. The molecule has 0 aromatic heterocycles. The van der Waals surface area contributed by atoms with Gasteiger partial charge < -0.3 is 10.5 Å². The van der Waals surface area contributed by atoms with Crippen molar-refractivity contribution in [2.45, 2.75) is 12.8 Å². The number of methoxy groups -OCH3 is 1. The Kier molecular flexibility index (Phi) is 5.20. The molecule has 2 N–H and O–H groups in total. The molecule has 1 aliphatic rings. The average molecular weight is 311 g/mol. The first kappa shape index (κ1) is 15.8. The van der Waals surface area contributed by atoms with Gasteiger partial charge in [-0.1, -0.05) is 11.6 Å². The number of nitrogens with two attached hydrogens (primary N) is 1. The van der Waals surface area contributed by atoms with Crippen LogP contribution in [0.2, 0.25) is 5.02 Å². The topological polar surface area (TPSA) is 72.6 Å². The van der Waals surface area contributed by atoms with E-state index in [1.165, 1.54) is 7.11 Å². The molecule has 0 bridgehead atoms. The van der Waals surface area contributed by atoms with Crippen molar-refractivity contribution in [3.05, 3.63) is 28.8 Å². The SMILES string of the molecule is COc1ccc(C(=O)CN2CCCC(C(N)=O)C2)cc1Cl. The zero-order valence-electron chi connectivity index (χ0n) is 12.0. The van der Waals surface area contributed by atoms with Crippen molar-refractivity contribution in [2.75, 3.05) is 26.7 Å². The number of Topliss-reactive ketones (excluding diaryl/α,β-unsaturated/α-hetero) is 1. The van der Waals surface area contributed by atoms with Crippen LogP contribution in [0, 0.1) is 5.92 Å². The summed E-state index contributed by atoms with van der Waals surface area (Å²) in [6.07, 6.45) is 1.68. The van der Waals surface area contributed by atoms with Crippen LogP contribution in [0.4, 0.5) is 0 Å². The smallest absolute Gasteiger partial charge is 0.221 e. The number of rotatable bonds is 5. The number of carbonyl (C=O) groups excluding carboxylic acids is 2. The van der Waals surface area contributed by atoms with Gasteiger partial charge in [0, 0.05) is 12.1 Å². The molecule has 0 radical (unpaired) electrons. The Balaban J connectivity index is 2.01. The third-order valence-electron chi connectivity index (χ3n) is 3.75. The van der Waals surface area contributed by atoms with Crippen molar-refractivity contribution in [3.63, 3.8) is 0 Å². The minimum atomic E-state index is -0.292. The third-order valence-corrected chi connectivity index (χ3v) is 4.04. The van der Waals surface area contributed by atoms with Crippen LogP contribution in [-0.4, -0.2) is 43.3 Å². The molecule has 6 heteroatoms. The Hall–Kier alpha value is -1.59. The highest BCUT2D eigenvalue weighted by molar-refractivity contribution is 6.32. The predicted molar refractivity (Wildman–Crippen MR) is 80.7 cm³/mol. The van der Waals surface area contributed by atoms with Gasteiger partial charge in [-0.3, -0.25) is 14.5 Å². The Morgan fingerprint density at radius 2 is 2.24 bits per heavy atom. The maximum atomic E-state index is 12.3. The van der Waals surface area contributed by atoms with Crippen LogP contribution in [0.5, 0.6) is 5.75 Å². The van der Waals surface area contributed by atoms with E-state index in [1.807, 2.05) is 4.90 Å². The summed E-state index contributed by atoms with van der Waals surface area (Å²) in [5.74, 6) is 0.0651. The van der Waals surface area contributed by atoms with Crippen molar-refractivity contribution in [3.8, 4) is 5.75 Å². The van der Waals surface area contributed by atoms with Gasteiger partial charge in [0.05, 0.1) is 24.6 Å². The molecule has 21 heavy (non-hydrogen) atoms. The molecule has 1 amide bonds. The van der Waals surface area contributed by atoms with E-state index in [1.54, 1.807) is 18.2 Å². The van der Waals surface area contributed by atoms with Crippen molar-refractivity contribution in [1.82, 2.24) is 4.90 Å². The van der Waals surface area contributed by atoms with E-state index in [9.17, 15) is 9.59 Å². The average Bonchev–Trinajstić information content (AvgIpc) is 2.47. The number of hydrogen-bond acceptors (Lipinski definition) is 4. The molecule has 5 nitrogen and oxygen atoms in total. The van der Waals surface area contributed by atoms with Crippen molar-refractivity contribution in [2.24, 2.45) is 11.7 Å². The maximum Gasteiger partial charge on any atom is 0.221 e. The third kappa shape index (κ3) is 3.95. The van der Waals surface area contributed by atoms with E-state index in [0.717, 1.165) is 19.4 Å². The zero-order chi connectivity index (χ0) is 15.4. The van der Waals surface area contributed by atoms with E-state index in [4.69, 9.17) is 22.1 Å². The minimum Gasteiger partial charge on any atom is -0.495 e. The number of nitrogens with zero attached hydrogens (tertiary/aromatic N) is 1. The number of piperidine rings is 1. The standard InChI is InChI=1S/C15H19ClN2O3/c1-21-14-5-4-10(7-12(14)16)13(19)9-18-6-2-3-11(8-18)15(17)20/h4-5,7,11H,2-3,6,8-9H2,1H3,(H2,17,20). The van der Waals surface area contributed by atoms with Gasteiger partial charge in [0.15, 0.2) is 5.78 Å². The highest BCUT2D eigenvalue weighted by Gasteiger charge is 2.25. The number of ether oxygens (including phenoxy) is 1. The molecule has 1 fully saturated rings. The van der Waals surface area contributed by atoms with E-state index in [0.29, 0.717) is 22.9 Å². The summed E-state index contributed by atoms with van der Waals surface area (Å²) in [6, 6.07) is 4.98. The number of benzene rings is 1. The van der Waals surface area contributed by atoms with E-state index >= 15 is 0 Å². The van der Waals surface area contributed by atoms with Crippen molar-refractivity contribution >= 4 is 23.3 Å². The van der Waals surface area contributed by atoms with Gasteiger partial charge in [-0.15, -0.1) is 0 Å². The lowest BCUT2D eigenvalue weighted by Crippen LogP contribution is -2.43. The molecule has 0 saturated carbocycles. The van der Waals surface area contributed by atoms with Crippen LogP contribution in [0.25, 0.3) is 0 Å². The molecule has 1 unspecified atom stereocenters. The predicted octanol–water partition coefficient (Wildman–Crippen LogP) is 1.73. The quantitative estimate of drug-likeness (QED) is 0.841. The lowest BCUT2D eigenvalue weighted by Gasteiger charge is -2.30. The normalized spacial score (nSPS) is 19.2. The molecule has 1 heterocycles. The molecular weight excluding hydrogens is 292 g/mol. The molecule has 1 aromatic carbocycles. The Labute approximate surface area is 129 Å². The van der Waals surface area contributed by atoms with Crippen LogP contribution >= 0.6 is 11.6 Å². The van der Waals surface area contributed by atoms with Gasteiger partial charge in [0.2, 0.25) is 5.91 Å².